The van der Waals surface area contributed by atoms with Crippen LogP contribution in [0.25, 0.3) is 11.2 Å². The van der Waals surface area contributed by atoms with E-state index in [9.17, 15) is 19.5 Å². The standard InChI is InChI=1S/C28H39N9O7/c1-3-42-12-13-44-15-14-43-11-10-31-22(38)9-8-21(27(40)41)34-26(39)18-4-6-20(7-5-18)37(2)17-19-16-32-25-23(33-19)24(29)35-28(30)36-25/h4-7,16,21H,3,8-15,17H2,1-2H3,(H,31,38)(H,34,39)(H,40,41)(H4,29,30,32,35,36). The number of carbonyl (C=O) groups excluding carboxylic acids is 2. The number of carbonyl (C=O) groups is 3. The number of benzene rings is 1. The third kappa shape index (κ3) is 10.9. The Balaban J connectivity index is 1.41. The van der Waals surface area contributed by atoms with Gasteiger partial charge in [-0.25, -0.2) is 14.8 Å². The number of carboxylic acids is 1. The van der Waals surface area contributed by atoms with Crippen LogP contribution in [0.15, 0.2) is 30.5 Å². The Morgan fingerprint density at radius 1 is 0.977 bits per heavy atom. The summed E-state index contributed by atoms with van der Waals surface area (Å²) in [5, 5.41) is 14.7. The molecular formula is C28H39N9O7. The van der Waals surface area contributed by atoms with Crippen molar-refractivity contribution in [3.63, 3.8) is 0 Å². The first-order valence-corrected chi connectivity index (χ1v) is 14.1. The fourth-order valence-electron chi connectivity index (χ4n) is 3.97. The van der Waals surface area contributed by atoms with Crippen LogP contribution in [0.3, 0.4) is 0 Å². The van der Waals surface area contributed by atoms with Crippen LogP contribution in [0, 0.1) is 0 Å². The highest BCUT2D eigenvalue weighted by molar-refractivity contribution is 5.97. The van der Waals surface area contributed by atoms with E-state index >= 15 is 0 Å². The van der Waals surface area contributed by atoms with Gasteiger partial charge in [0.05, 0.1) is 51.5 Å². The van der Waals surface area contributed by atoms with E-state index < -0.39 is 17.9 Å². The topological polar surface area (TPSA) is 230 Å². The first-order valence-electron chi connectivity index (χ1n) is 14.1. The van der Waals surface area contributed by atoms with E-state index in [4.69, 9.17) is 25.7 Å². The van der Waals surface area contributed by atoms with E-state index in [0.29, 0.717) is 63.0 Å². The molecule has 2 aromatic heterocycles. The molecule has 0 aliphatic rings. The SMILES string of the molecule is CCOCCOCCOCCNC(=O)CCC(NC(=O)c1ccc(N(C)Cc2cnc3nc(N)nc(N)c3n2)cc1)C(=O)O. The lowest BCUT2D eigenvalue weighted by atomic mass is 10.1. The first-order chi connectivity index (χ1) is 21.2. The van der Waals surface area contributed by atoms with E-state index in [0.717, 1.165) is 5.69 Å². The Hall–Kier alpha value is -4.67. The lowest BCUT2D eigenvalue weighted by Gasteiger charge is -2.19. The van der Waals surface area contributed by atoms with Crippen molar-refractivity contribution < 1.29 is 33.7 Å². The smallest absolute Gasteiger partial charge is 0.326 e. The van der Waals surface area contributed by atoms with Crippen LogP contribution < -0.4 is 27.0 Å². The number of hydrogen-bond acceptors (Lipinski definition) is 13. The van der Waals surface area contributed by atoms with Crippen LogP contribution in [0.5, 0.6) is 0 Å². The van der Waals surface area contributed by atoms with Gasteiger partial charge in [0.1, 0.15) is 6.04 Å². The van der Waals surface area contributed by atoms with Crippen molar-refractivity contribution in [2.45, 2.75) is 32.4 Å². The Labute approximate surface area is 254 Å². The molecule has 7 N–H and O–H groups in total. The molecule has 0 aliphatic carbocycles. The summed E-state index contributed by atoms with van der Waals surface area (Å²) in [5.74, 6) is -2.00. The van der Waals surface area contributed by atoms with Gasteiger partial charge in [0.25, 0.3) is 5.91 Å². The zero-order valence-electron chi connectivity index (χ0n) is 24.8. The molecule has 0 saturated heterocycles. The normalized spacial score (nSPS) is 11.7. The van der Waals surface area contributed by atoms with Gasteiger partial charge in [-0.05, 0) is 37.6 Å². The summed E-state index contributed by atoms with van der Waals surface area (Å²) in [5.41, 5.74) is 13.8. The fraction of sp³-hybridized carbons (Fsp3) is 0.464. The zero-order valence-corrected chi connectivity index (χ0v) is 24.8. The number of rotatable bonds is 19. The van der Waals surface area contributed by atoms with Crippen LogP contribution in [-0.2, 0) is 30.3 Å². The lowest BCUT2D eigenvalue weighted by Crippen LogP contribution is -2.41. The number of nitrogens with one attached hydrogen (secondary N) is 2. The maximum absolute atomic E-state index is 12.8. The summed E-state index contributed by atoms with van der Waals surface area (Å²) in [7, 11) is 1.83. The van der Waals surface area contributed by atoms with Gasteiger partial charge in [-0.15, -0.1) is 0 Å². The third-order valence-corrected chi connectivity index (χ3v) is 6.25. The van der Waals surface area contributed by atoms with Crippen LogP contribution in [0.4, 0.5) is 17.5 Å². The molecule has 238 valence electrons. The summed E-state index contributed by atoms with van der Waals surface area (Å²) in [6, 6.07) is 5.37. The summed E-state index contributed by atoms with van der Waals surface area (Å²) in [4.78, 5) is 55.2. The van der Waals surface area contributed by atoms with E-state index in [1.165, 1.54) is 0 Å². The maximum Gasteiger partial charge on any atom is 0.326 e. The maximum atomic E-state index is 12.8. The van der Waals surface area contributed by atoms with Crippen molar-refractivity contribution in [1.29, 1.82) is 0 Å². The van der Waals surface area contributed by atoms with Crippen molar-refractivity contribution in [2.75, 3.05) is 69.6 Å². The van der Waals surface area contributed by atoms with Gasteiger partial charge in [0.2, 0.25) is 11.9 Å². The lowest BCUT2D eigenvalue weighted by molar-refractivity contribution is -0.139. The fourth-order valence-corrected chi connectivity index (χ4v) is 3.97. The van der Waals surface area contributed by atoms with E-state index in [1.54, 1.807) is 30.5 Å². The van der Waals surface area contributed by atoms with Gasteiger partial charge in [0.15, 0.2) is 17.0 Å². The average Bonchev–Trinajstić information content (AvgIpc) is 3.00. The Morgan fingerprint density at radius 3 is 2.34 bits per heavy atom. The molecule has 2 heterocycles. The van der Waals surface area contributed by atoms with Crippen molar-refractivity contribution in [2.24, 2.45) is 0 Å². The summed E-state index contributed by atoms with van der Waals surface area (Å²) in [6.45, 7) is 5.31. The molecule has 2 amide bonds. The number of nitrogens with zero attached hydrogens (tertiary/aromatic N) is 5. The van der Waals surface area contributed by atoms with Crippen LogP contribution in [0.1, 0.15) is 35.8 Å². The molecule has 1 unspecified atom stereocenters. The molecule has 0 spiro atoms. The summed E-state index contributed by atoms with van der Waals surface area (Å²) >= 11 is 0. The minimum Gasteiger partial charge on any atom is -0.480 e. The van der Waals surface area contributed by atoms with Crippen molar-refractivity contribution >= 4 is 46.4 Å². The molecule has 0 aliphatic heterocycles. The molecular weight excluding hydrogens is 574 g/mol. The van der Waals surface area contributed by atoms with Crippen molar-refractivity contribution in [3.05, 3.63) is 41.7 Å². The summed E-state index contributed by atoms with van der Waals surface area (Å²) < 4.78 is 15.9. The quantitative estimate of drug-likeness (QED) is 0.115. The minimum absolute atomic E-state index is 0.0161. The van der Waals surface area contributed by atoms with E-state index in [2.05, 4.69) is 30.6 Å². The molecule has 0 saturated carbocycles. The van der Waals surface area contributed by atoms with Gasteiger partial charge in [-0.2, -0.15) is 9.97 Å². The number of nitrogens with two attached hydrogens (primary N) is 2. The van der Waals surface area contributed by atoms with Gasteiger partial charge in [-0.1, -0.05) is 0 Å². The Kier molecular flexibility index (Phi) is 13.4. The predicted octanol–water partition coefficient (Wildman–Crippen LogP) is 0.370. The molecule has 0 radical (unpaired) electrons. The van der Waals surface area contributed by atoms with Crippen LogP contribution in [0.2, 0.25) is 0 Å². The zero-order chi connectivity index (χ0) is 31.9. The minimum atomic E-state index is -1.24. The van der Waals surface area contributed by atoms with E-state index in [-0.39, 0.29) is 42.6 Å². The number of nitrogen functional groups attached to an aromatic ring is 2. The largest absolute Gasteiger partial charge is 0.480 e. The third-order valence-electron chi connectivity index (χ3n) is 6.25. The predicted molar refractivity (Wildman–Crippen MR) is 162 cm³/mol. The molecule has 16 heteroatoms. The molecule has 1 atom stereocenters. The van der Waals surface area contributed by atoms with E-state index in [1.807, 2.05) is 18.9 Å². The number of carboxylic acid groups (broad SMARTS) is 1. The van der Waals surface area contributed by atoms with Gasteiger partial charge < -0.3 is 46.3 Å². The molecule has 1 aromatic carbocycles. The number of aromatic nitrogens is 4. The highest BCUT2D eigenvalue weighted by atomic mass is 16.5. The Morgan fingerprint density at radius 2 is 1.66 bits per heavy atom. The molecule has 0 fully saturated rings. The molecule has 0 bridgehead atoms. The van der Waals surface area contributed by atoms with Gasteiger partial charge in [0, 0.05) is 37.9 Å². The highest BCUT2D eigenvalue weighted by Gasteiger charge is 2.22. The summed E-state index contributed by atoms with van der Waals surface area (Å²) in [6.07, 6.45) is 1.41. The molecule has 44 heavy (non-hydrogen) atoms. The average molecular weight is 614 g/mol. The number of aliphatic carboxylic acids is 1. The van der Waals surface area contributed by atoms with Gasteiger partial charge >= 0.3 is 5.97 Å². The second-order valence-corrected chi connectivity index (χ2v) is 9.58. The monoisotopic (exact) mass is 613 g/mol. The first kappa shape index (κ1) is 33.8. The number of hydrogen-bond donors (Lipinski definition) is 5. The number of amides is 2. The Bertz CT molecular complexity index is 1390. The number of anilines is 3. The molecule has 3 aromatic rings. The highest BCUT2D eigenvalue weighted by Crippen LogP contribution is 2.19. The number of ether oxygens (including phenoxy) is 3. The van der Waals surface area contributed by atoms with Crippen molar-refractivity contribution in [3.8, 4) is 0 Å². The number of fused-ring (bicyclic) bond motifs is 1. The van der Waals surface area contributed by atoms with Crippen LogP contribution >= 0.6 is 0 Å². The van der Waals surface area contributed by atoms with Crippen molar-refractivity contribution in [1.82, 2.24) is 30.6 Å². The second kappa shape index (κ2) is 17.4. The second-order valence-electron chi connectivity index (χ2n) is 9.58. The molecule has 16 nitrogen and oxygen atoms in total. The molecule has 3 rings (SSSR count). The van der Waals surface area contributed by atoms with Gasteiger partial charge in [-0.3, -0.25) is 9.59 Å². The van der Waals surface area contributed by atoms with Crippen LogP contribution in [-0.4, -0.2) is 102 Å².